The number of aryl methyl sites for hydroxylation is 1. The Bertz CT molecular complexity index is 568. The van der Waals surface area contributed by atoms with E-state index < -0.39 is 0 Å². The average Bonchev–Trinajstić information content (AvgIpc) is 2.69. The van der Waals surface area contributed by atoms with Crippen LogP contribution < -0.4 is 5.73 Å². The number of rotatable bonds is 3. The Balaban J connectivity index is 2.32. The molecule has 0 radical (unpaired) electrons. The Hall–Kier alpha value is -1.89. The van der Waals surface area contributed by atoms with Crippen LogP contribution in [0.5, 0.6) is 0 Å². The molecule has 8 heteroatoms. The van der Waals surface area contributed by atoms with Crippen LogP contribution in [0.15, 0.2) is 6.33 Å². The van der Waals surface area contributed by atoms with Crippen LogP contribution >= 0.6 is 11.6 Å². The molecule has 0 amide bonds. The largest absolute Gasteiger partial charge is 0.469 e. The standard InChI is InChI=1S/C9H10ClN5O2/c1-17-5(16)2-3-15-4-12-6-7(11)13-9(10)14-8(6)15/h4H,2-3H2,1H3,(H2,11,13,14). The van der Waals surface area contributed by atoms with Gasteiger partial charge in [-0.05, 0) is 11.6 Å². The summed E-state index contributed by atoms with van der Waals surface area (Å²) in [4.78, 5) is 22.9. The normalized spacial score (nSPS) is 10.7. The number of halogens is 1. The van der Waals surface area contributed by atoms with Gasteiger partial charge in [-0.1, -0.05) is 0 Å². The number of aromatic nitrogens is 4. The number of anilines is 1. The van der Waals surface area contributed by atoms with Crippen LogP contribution in [0.4, 0.5) is 5.82 Å². The highest BCUT2D eigenvalue weighted by Gasteiger charge is 2.11. The van der Waals surface area contributed by atoms with Crippen LogP contribution in [0.3, 0.4) is 0 Å². The van der Waals surface area contributed by atoms with E-state index in [0.717, 1.165) is 0 Å². The first-order valence-corrected chi connectivity index (χ1v) is 5.20. The minimum Gasteiger partial charge on any atom is -0.469 e. The summed E-state index contributed by atoms with van der Waals surface area (Å²) < 4.78 is 6.23. The van der Waals surface area contributed by atoms with Crippen molar-refractivity contribution in [1.82, 2.24) is 19.5 Å². The molecule has 7 nitrogen and oxygen atoms in total. The molecule has 2 N–H and O–H groups in total. The van der Waals surface area contributed by atoms with Crippen molar-refractivity contribution < 1.29 is 9.53 Å². The topological polar surface area (TPSA) is 95.9 Å². The van der Waals surface area contributed by atoms with E-state index >= 15 is 0 Å². The molecule has 2 aromatic heterocycles. The summed E-state index contributed by atoms with van der Waals surface area (Å²) in [6, 6.07) is 0. The fourth-order valence-electron chi connectivity index (χ4n) is 1.42. The molecular formula is C9H10ClN5O2. The Morgan fingerprint density at radius 3 is 3.06 bits per heavy atom. The Kier molecular flexibility index (Phi) is 3.10. The van der Waals surface area contributed by atoms with E-state index in [4.69, 9.17) is 17.3 Å². The zero-order valence-electron chi connectivity index (χ0n) is 9.05. The lowest BCUT2D eigenvalue weighted by Crippen LogP contribution is -2.07. The van der Waals surface area contributed by atoms with Crippen molar-refractivity contribution in [1.29, 1.82) is 0 Å². The van der Waals surface area contributed by atoms with Gasteiger partial charge >= 0.3 is 5.97 Å². The maximum Gasteiger partial charge on any atom is 0.307 e. The number of hydrogen-bond donors (Lipinski definition) is 1. The average molecular weight is 256 g/mol. The Labute approximate surface area is 102 Å². The van der Waals surface area contributed by atoms with E-state index in [1.807, 2.05) is 0 Å². The van der Waals surface area contributed by atoms with Gasteiger partial charge in [-0.2, -0.15) is 9.97 Å². The van der Waals surface area contributed by atoms with Gasteiger partial charge in [0.1, 0.15) is 5.52 Å². The molecule has 0 aliphatic rings. The highest BCUT2D eigenvalue weighted by Crippen LogP contribution is 2.18. The predicted octanol–water partition coefficient (Wildman–Crippen LogP) is 0.625. The summed E-state index contributed by atoms with van der Waals surface area (Å²) in [5.74, 6) is -0.0863. The summed E-state index contributed by atoms with van der Waals surface area (Å²) in [6.45, 7) is 0.399. The zero-order chi connectivity index (χ0) is 12.4. The Morgan fingerprint density at radius 1 is 1.59 bits per heavy atom. The monoisotopic (exact) mass is 255 g/mol. The van der Waals surface area contributed by atoms with E-state index in [1.165, 1.54) is 13.4 Å². The number of fused-ring (bicyclic) bond motifs is 1. The minimum absolute atomic E-state index is 0.0508. The molecule has 0 aliphatic heterocycles. The van der Waals surface area contributed by atoms with Crippen LogP contribution in [0.25, 0.3) is 11.2 Å². The third-order valence-electron chi connectivity index (χ3n) is 2.25. The van der Waals surface area contributed by atoms with Crippen LogP contribution in [0, 0.1) is 0 Å². The number of hydrogen-bond acceptors (Lipinski definition) is 6. The van der Waals surface area contributed by atoms with E-state index in [2.05, 4.69) is 19.7 Å². The van der Waals surface area contributed by atoms with Gasteiger partial charge < -0.3 is 15.0 Å². The third-order valence-corrected chi connectivity index (χ3v) is 2.42. The molecule has 0 saturated carbocycles. The van der Waals surface area contributed by atoms with Gasteiger partial charge in [0.2, 0.25) is 5.28 Å². The molecule has 0 aliphatic carbocycles. The van der Waals surface area contributed by atoms with Crippen LogP contribution in [-0.4, -0.2) is 32.6 Å². The van der Waals surface area contributed by atoms with Gasteiger partial charge in [0.05, 0.1) is 19.9 Å². The zero-order valence-corrected chi connectivity index (χ0v) is 9.81. The van der Waals surface area contributed by atoms with Crippen LogP contribution in [0.2, 0.25) is 5.28 Å². The quantitative estimate of drug-likeness (QED) is 0.638. The second-order valence-corrected chi connectivity index (χ2v) is 3.65. The maximum absolute atomic E-state index is 11.0. The number of imidazole rings is 1. The van der Waals surface area contributed by atoms with Crippen LogP contribution in [0.1, 0.15) is 6.42 Å². The minimum atomic E-state index is -0.306. The summed E-state index contributed by atoms with van der Waals surface area (Å²) in [5.41, 5.74) is 6.63. The van der Waals surface area contributed by atoms with E-state index in [-0.39, 0.29) is 23.5 Å². The van der Waals surface area contributed by atoms with Crippen molar-refractivity contribution in [2.75, 3.05) is 12.8 Å². The predicted molar refractivity (Wildman–Crippen MR) is 61.4 cm³/mol. The first-order valence-electron chi connectivity index (χ1n) is 4.82. The molecule has 0 fully saturated rings. The smallest absolute Gasteiger partial charge is 0.307 e. The highest BCUT2D eigenvalue weighted by atomic mass is 35.5. The van der Waals surface area contributed by atoms with Gasteiger partial charge in [0, 0.05) is 6.54 Å². The summed E-state index contributed by atoms with van der Waals surface area (Å²) in [7, 11) is 1.34. The molecule has 0 aromatic carbocycles. The second kappa shape index (κ2) is 4.54. The lowest BCUT2D eigenvalue weighted by atomic mass is 10.4. The number of nitrogen functional groups attached to an aromatic ring is 1. The number of esters is 1. The Morgan fingerprint density at radius 2 is 2.35 bits per heavy atom. The number of ether oxygens (including phenoxy) is 1. The SMILES string of the molecule is COC(=O)CCn1cnc2c(N)nc(Cl)nc21. The molecular weight excluding hydrogens is 246 g/mol. The first-order chi connectivity index (χ1) is 8.11. The summed E-state index contributed by atoms with van der Waals surface area (Å²) in [6.07, 6.45) is 1.76. The van der Waals surface area contributed by atoms with Crippen molar-refractivity contribution in [3.63, 3.8) is 0 Å². The van der Waals surface area contributed by atoms with E-state index in [1.54, 1.807) is 4.57 Å². The van der Waals surface area contributed by atoms with Gasteiger partial charge in [0.25, 0.3) is 0 Å². The number of nitrogens with zero attached hydrogens (tertiary/aromatic N) is 4. The summed E-state index contributed by atoms with van der Waals surface area (Å²) >= 11 is 5.71. The fraction of sp³-hybridized carbons (Fsp3) is 0.333. The van der Waals surface area contributed by atoms with E-state index in [9.17, 15) is 4.79 Å². The van der Waals surface area contributed by atoms with Gasteiger partial charge in [-0.25, -0.2) is 4.98 Å². The molecule has 2 heterocycles. The molecule has 0 atom stereocenters. The maximum atomic E-state index is 11.0. The number of carbonyl (C=O) groups excluding carboxylic acids is 1. The second-order valence-electron chi connectivity index (χ2n) is 3.31. The molecule has 0 spiro atoms. The van der Waals surface area contributed by atoms with Crippen LogP contribution in [-0.2, 0) is 16.1 Å². The number of carbonyl (C=O) groups is 1. The molecule has 2 rings (SSSR count). The van der Waals surface area contributed by atoms with Crippen molar-refractivity contribution in [3.05, 3.63) is 11.6 Å². The van der Waals surface area contributed by atoms with Gasteiger partial charge in [-0.3, -0.25) is 4.79 Å². The first kappa shape index (κ1) is 11.6. The van der Waals surface area contributed by atoms with E-state index in [0.29, 0.717) is 17.7 Å². The van der Waals surface area contributed by atoms with Crippen molar-refractivity contribution in [2.45, 2.75) is 13.0 Å². The molecule has 0 unspecified atom stereocenters. The fourth-order valence-corrected chi connectivity index (χ4v) is 1.59. The molecule has 90 valence electrons. The number of methoxy groups -OCH3 is 1. The molecule has 17 heavy (non-hydrogen) atoms. The molecule has 0 saturated heterocycles. The molecule has 2 aromatic rings. The van der Waals surface area contributed by atoms with Gasteiger partial charge in [0.15, 0.2) is 11.5 Å². The molecule has 0 bridgehead atoms. The number of nitrogens with two attached hydrogens (primary N) is 1. The van der Waals surface area contributed by atoms with Crippen molar-refractivity contribution >= 4 is 34.6 Å². The lowest BCUT2D eigenvalue weighted by molar-refractivity contribution is -0.140. The lowest BCUT2D eigenvalue weighted by Gasteiger charge is -2.02. The van der Waals surface area contributed by atoms with Crippen molar-refractivity contribution in [2.24, 2.45) is 0 Å². The summed E-state index contributed by atoms with van der Waals surface area (Å²) in [5, 5.41) is 0.0508. The highest BCUT2D eigenvalue weighted by molar-refractivity contribution is 6.28. The third kappa shape index (κ3) is 2.28. The van der Waals surface area contributed by atoms with Gasteiger partial charge in [-0.15, -0.1) is 0 Å². The van der Waals surface area contributed by atoms with Crippen molar-refractivity contribution in [3.8, 4) is 0 Å².